The molecule has 0 unspecified atom stereocenters. The predicted molar refractivity (Wildman–Crippen MR) is 149 cm³/mol. The van der Waals surface area contributed by atoms with Crippen molar-refractivity contribution in [1.82, 2.24) is 24.6 Å². The summed E-state index contributed by atoms with van der Waals surface area (Å²) < 4.78 is 22.1. The van der Waals surface area contributed by atoms with Crippen LogP contribution >= 0.6 is 0 Å². The number of nitriles is 1. The van der Waals surface area contributed by atoms with Crippen molar-refractivity contribution in [2.45, 2.75) is 45.8 Å². The van der Waals surface area contributed by atoms with Crippen molar-refractivity contribution in [2.75, 3.05) is 38.1 Å². The van der Waals surface area contributed by atoms with Crippen LogP contribution in [0.15, 0.2) is 36.5 Å². The molecule has 0 saturated carbocycles. The number of aromatic nitrogens is 3. The van der Waals surface area contributed by atoms with Gasteiger partial charge in [-0.1, -0.05) is 6.07 Å². The lowest BCUT2D eigenvalue weighted by Crippen LogP contribution is -2.58. The number of pyridine rings is 1. The first-order valence-electron chi connectivity index (χ1n) is 13.7. The van der Waals surface area contributed by atoms with Crippen LogP contribution < -0.4 is 4.90 Å². The number of anilines is 1. The Morgan fingerprint density at radius 2 is 1.88 bits per heavy atom. The number of amides is 2. The third kappa shape index (κ3) is 4.82. The van der Waals surface area contributed by atoms with E-state index < -0.39 is 23.4 Å². The first-order chi connectivity index (χ1) is 19.5. The van der Waals surface area contributed by atoms with Gasteiger partial charge in [0.25, 0.3) is 5.91 Å². The number of likely N-dealkylation sites (tertiary alicyclic amines) is 1. The second-order valence-electron chi connectivity index (χ2n) is 12.3. The maximum Gasteiger partial charge on any atom is 0.417 e. The van der Waals surface area contributed by atoms with Gasteiger partial charge in [0.1, 0.15) is 11.4 Å². The van der Waals surface area contributed by atoms with Crippen LogP contribution in [0.2, 0.25) is 0 Å². The molecule has 10 nitrogen and oxygen atoms in total. The lowest BCUT2D eigenvalue weighted by molar-refractivity contribution is 0.00120. The number of ether oxygens (including phenoxy) is 1. The smallest absolute Gasteiger partial charge is 0.417 e. The van der Waals surface area contributed by atoms with E-state index in [-0.39, 0.29) is 34.6 Å². The number of rotatable bonds is 3. The monoisotopic (exact) mass is 557 g/mol. The van der Waals surface area contributed by atoms with Crippen LogP contribution in [0.5, 0.6) is 0 Å². The molecular formula is C30H32FN7O3. The van der Waals surface area contributed by atoms with Gasteiger partial charge in [-0.3, -0.25) is 4.79 Å². The molecule has 0 bridgehead atoms. The van der Waals surface area contributed by atoms with Crippen molar-refractivity contribution in [3.63, 3.8) is 0 Å². The highest BCUT2D eigenvalue weighted by Gasteiger charge is 2.43. The molecule has 2 fully saturated rings. The second kappa shape index (κ2) is 9.66. The first-order valence-corrected chi connectivity index (χ1v) is 13.7. The number of hydrogen-bond acceptors (Lipinski definition) is 8. The van der Waals surface area contributed by atoms with Gasteiger partial charge >= 0.3 is 6.09 Å². The summed E-state index contributed by atoms with van der Waals surface area (Å²) in [5.74, 6) is -0.401. The van der Waals surface area contributed by atoms with E-state index in [2.05, 4.69) is 21.8 Å². The Morgan fingerprint density at radius 3 is 2.54 bits per heavy atom. The molecule has 0 radical (unpaired) electrons. The fourth-order valence-corrected chi connectivity index (χ4v) is 6.18. The van der Waals surface area contributed by atoms with E-state index in [1.165, 1.54) is 18.2 Å². The van der Waals surface area contributed by atoms with Crippen LogP contribution in [0.3, 0.4) is 0 Å². The molecule has 1 aromatic carbocycles. The minimum atomic E-state index is -0.804. The Bertz CT molecular complexity index is 1590. The van der Waals surface area contributed by atoms with Gasteiger partial charge in [-0.2, -0.15) is 10.4 Å². The van der Waals surface area contributed by atoms with Crippen LogP contribution in [-0.2, 0) is 11.3 Å². The maximum atomic E-state index is 15.1. The Morgan fingerprint density at radius 1 is 1.15 bits per heavy atom. The van der Waals surface area contributed by atoms with Gasteiger partial charge in [0.15, 0.2) is 5.82 Å². The Labute approximate surface area is 237 Å². The van der Waals surface area contributed by atoms with Gasteiger partial charge in [-0.15, -0.1) is 0 Å². The van der Waals surface area contributed by atoms with E-state index in [0.29, 0.717) is 11.1 Å². The van der Waals surface area contributed by atoms with Crippen LogP contribution in [0.4, 0.5) is 15.0 Å². The average Bonchev–Trinajstić information content (AvgIpc) is 3.52. The molecule has 5 heterocycles. The third-order valence-corrected chi connectivity index (χ3v) is 8.03. The van der Waals surface area contributed by atoms with Gasteiger partial charge in [0, 0.05) is 38.4 Å². The largest absolute Gasteiger partial charge is 0.443 e. The summed E-state index contributed by atoms with van der Waals surface area (Å²) in [7, 11) is 2.15. The highest BCUT2D eigenvalue weighted by atomic mass is 19.1. The summed E-state index contributed by atoms with van der Waals surface area (Å²) in [5.41, 5.74) is 0.742. The van der Waals surface area contributed by atoms with E-state index in [1.807, 2.05) is 12.1 Å². The lowest BCUT2D eigenvalue weighted by Gasteiger charge is -2.53. The topological polar surface area (TPSA) is 108 Å². The Kier molecular flexibility index (Phi) is 6.34. The Hall–Kier alpha value is -4.30. The highest BCUT2D eigenvalue weighted by Crippen LogP contribution is 2.40. The van der Waals surface area contributed by atoms with Crippen molar-refractivity contribution >= 4 is 17.8 Å². The second-order valence-corrected chi connectivity index (χ2v) is 12.3. The number of nitrogens with zero attached hydrogens (tertiary/aromatic N) is 7. The number of halogens is 1. The number of carbonyl (C=O) groups excluding carboxylic acids is 2. The van der Waals surface area contributed by atoms with E-state index in [4.69, 9.17) is 9.84 Å². The SMILES string of the molecule is CN1CC2(CCN(c3ccn(-c4cc(-c5c(F)cccc5C#N)nc5c4C(=O)N(C(=O)OC(C)(C)C)C5)n3)CC2)C1. The summed E-state index contributed by atoms with van der Waals surface area (Å²) in [5, 5.41) is 14.5. The molecule has 2 aromatic heterocycles. The van der Waals surface area contributed by atoms with E-state index >= 15 is 4.39 Å². The van der Waals surface area contributed by atoms with Gasteiger partial charge in [0.05, 0.1) is 46.4 Å². The van der Waals surface area contributed by atoms with Crippen LogP contribution in [0.1, 0.15) is 55.2 Å². The van der Waals surface area contributed by atoms with E-state index in [1.54, 1.807) is 37.7 Å². The molecule has 0 aliphatic carbocycles. The number of fused-ring (bicyclic) bond motifs is 1. The van der Waals surface area contributed by atoms with Crippen molar-refractivity contribution in [2.24, 2.45) is 5.41 Å². The van der Waals surface area contributed by atoms with Gasteiger partial charge < -0.3 is 14.5 Å². The summed E-state index contributed by atoms with van der Waals surface area (Å²) in [4.78, 5) is 36.7. The molecule has 11 heteroatoms. The fourth-order valence-electron chi connectivity index (χ4n) is 6.18. The summed E-state index contributed by atoms with van der Waals surface area (Å²) in [6.45, 7) is 9.04. The molecular weight excluding hydrogens is 525 g/mol. The molecule has 0 N–H and O–H groups in total. The molecule has 3 aliphatic heterocycles. The van der Waals surface area contributed by atoms with Crippen molar-refractivity contribution in [1.29, 1.82) is 5.26 Å². The van der Waals surface area contributed by atoms with Crippen LogP contribution in [-0.4, -0.2) is 75.4 Å². The standard InChI is InChI=1S/C30H32FN7O3/c1-29(2,3)41-28(40)37-16-22-26(27(37)39)23(14-21(33-22)25-19(15-32)6-5-7-20(25)31)38-11-8-24(34-38)36-12-9-30(10-13-36)17-35(4)18-30/h5-8,11,14H,9-10,12-13,16-18H2,1-4H3. The number of imide groups is 1. The zero-order valence-corrected chi connectivity index (χ0v) is 23.6. The van der Waals surface area contributed by atoms with Crippen molar-refractivity contribution < 1.29 is 18.7 Å². The fraction of sp³-hybridized carbons (Fsp3) is 0.433. The molecule has 0 atom stereocenters. The molecule has 3 aliphatic rings. The third-order valence-electron chi connectivity index (χ3n) is 8.03. The zero-order chi connectivity index (χ0) is 29.1. The zero-order valence-electron chi connectivity index (χ0n) is 23.6. The summed E-state index contributed by atoms with van der Waals surface area (Å²) >= 11 is 0. The molecule has 2 saturated heterocycles. The van der Waals surface area contributed by atoms with Crippen LogP contribution in [0, 0.1) is 22.6 Å². The number of hydrogen-bond donors (Lipinski definition) is 0. The molecule has 212 valence electrons. The quantitative estimate of drug-likeness (QED) is 0.467. The number of carbonyl (C=O) groups is 2. The van der Waals surface area contributed by atoms with E-state index in [9.17, 15) is 14.9 Å². The Balaban J connectivity index is 1.39. The predicted octanol–water partition coefficient (Wildman–Crippen LogP) is 4.37. The highest BCUT2D eigenvalue weighted by molar-refractivity contribution is 6.08. The van der Waals surface area contributed by atoms with Gasteiger partial charge in [0.2, 0.25) is 0 Å². The first kappa shape index (κ1) is 26.9. The minimum absolute atomic E-state index is 0.0291. The van der Waals surface area contributed by atoms with Crippen molar-refractivity contribution in [3.05, 3.63) is 59.2 Å². The summed E-state index contributed by atoms with van der Waals surface area (Å²) in [6.07, 6.45) is 3.15. The number of piperidine rings is 1. The molecule has 1 spiro atoms. The molecule has 2 amide bonds. The lowest BCUT2D eigenvalue weighted by atomic mass is 9.72. The summed E-state index contributed by atoms with van der Waals surface area (Å²) in [6, 6.07) is 9.71. The van der Waals surface area contributed by atoms with Crippen molar-refractivity contribution in [3.8, 4) is 23.0 Å². The van der Waals surface area contributed by atoms with Gasteiger partial charge in [-0.25, -0.2) is 23.8 Å². The normalized spacial score (nSPS) is 18.3. The molecule has 6 rings (SSSR count). The van der Waals surface area contributed by atoms with Crippen LogP contribution in [0.25, 0.3) is 16.9 Å². The maximum absolute atomic E-state index is 15.1. The number of benzene rings is 1. The minimum Gasteiger partial charge on any atom is -0.443 e. The van der Waals surface area contributed by atoms with Gasteiger partial charge in [-0.05, 0) is 64.3 Å². The molecule has 41 heavy (non-hydrogen) atoms. The van der Waals surface area contributed by atoms with E-state index in [0.717, 1.165) is 49.7 Å². The molecule has 3 aromatic rings. The average molecular weight is 558 g/mol.